The monoisotopic (exact) mass is 186 g/mol. The van der Waals surface area contributed by atoms with Crippen LogP contribution in [0.3, 0.4) is 0 Å². The minimum Gasteiger partial charge on any atom is -0.478 e. The van der Waals surface area contributed by atoms with Gasteiger partial charge in [0.1, 0.15) is 0 Å². The molecule has 2 N–H and O–H groups in total. The zero-order valence-corrected chi connectivity index (χ0v) is 6.84. The van der Waals surface area contributed by atoms with Gasteiger partial charge in [-0.3, -0.25) is 0 Å². The molecule has 0 aromatic carbocycles. The van der Waals surface area contributed by atoms with Crippen molar-refractivity contribution in [2.75, 3.05) is 13.2 Å². The van der Waals surface area contributed by atoms with E-state index in [0.29, 0.717) is 0 Å². The Hall–Kier alpha value is -1.62. The van der Waals surface area contributed by atoms with E-state index in [0.717, 1.165) is 12.2 Å². The number of carbonyl (C=O) groups is 2. The van der Waals surface area contributed by atoms with E-state index in [-0.39, 0.29) is 13.2 Å². The summed E-state index contributed by atoms with van der Waals surface area (Å²) in [6.07, 6.45) is 4.58. The quantitative estimate of drug-likeness (QED) is 0.460. The average Bonchev–Trinajstić information content (AvgIpc) is 2.01. The molecule has 0 saturated carbocycles. The van der Waals surface area contributed by atoms with E-state index in [2.05, 4.69) is 0 Å². The number of hydrogen-bond donors (Lipinski definition) is 2. The minimum absolute atomic E-state index is 0.149. The van der Waals surface area contributed by atoms with Crippen LogP contribution in [0.15, 0.2) is 24.3 Å². The Bertz CT molecular complexity index is 205. The van der Waals surface area contributed by atoms with Gasteiger partial charge in [-0.15, -0.1) is 0 Å². The molecule has 0 aliphatic rings. The van der Waals surface area contributed by atoms with Crippen LogP contribution in [-0.2, 0) is 14.3 Å². The Balaban J connectivity index is 3.36. The fourth-order valence-corrected chi connectivity index (χ4v) is 0.502. The van der Waals surface area contributed by atoms with Gasteiger partial charge in [-0.1, -0.05) is 12.2 Å². The van der Waals surface area contributed by atoms with Gasteiger partial charge in [-0.25, -0.2) is 9.59 Å². The SMILES string of the molecule is O=C(O)/C=C/COC/C=C/C(=O)O. The molecule has 0 radical (unpaired) electrons. The third-order valence-electron chi connectivity index (χ3n) is 0.949. The van der Waals surface area contributed by atoms with E-state index < -0.39 is 11.9 Å². The van der Waals surface area contributed by atoms with Crippen LogP contribution in [0, 0.1) is 0 Å². The molecule has 0 unspecified atom stereocenters. The van der Waals surface area contributed by atoms with Gasteiger partial charge in [0, 0.05) is 12.2 Å². The van der Waals surface area contributed by atoms with Gasteiger partial charge in [-0.2, -0.15) is 0 Å². The maximum atomic E-state index is 9.94. The van der Waals surface area contributed by atoms with E-state index in [9.17, 15) is 9.59 Å². The molecule has 0 amide bonds. The number of ether oxygens (including phenoxy) is 1. The molecule has 0 aliphatic carbocycles. The third-order valence-corrected chi connectivity index (χ3v) is 0.949. The molecule has 0 saturated heterocycles. The second kappa shape index (κ2) is 7.05. The van der Waals surface area contributed by atoms with Crippen molar-refractivity contribution in [3.8, 4) is 0 Å². The van der Waals surface area contributed by atoms with Crippen LogP contribution in [0.4, 0.5) is 0 Å². The van der Waals surface area contributed by atoms with Crippen molar-refractivity contribution in [3.05, 3.63) is 24.3 Å². The number of aliphatic carboxylic acids is 2. The molecule has 0 spiro atoms. The lowest BCUT2D eigenvalue weighted by atomic mass is 10.5. The number of hydrogen-bond acceptors (Lipinski definition) is 3. The summed E-state index contributed by atoms with van der Waals surface area (Å²) in [6, 6.07) is 0. The molecule has 0 fully saturated rings. The van der Waals surface area contributed by atoms with Gasteiger partial charge >= 0.3 is 11.9 Å². The number of carboxylic acids is 2. The van der Waals surface area contributed by atoms with Gasteiger partial charge in [0.15, 0.2) is 0 Å². The lowest BCUT2D eigenvalue weighted by molar-refractivity contribution is -0.132. The first-order valence-electron chi connectivity index (χ1n) is 3.49. The molecular weight excluding hydrogens is 176 g/mol. The molecule has 5 nitrogen and oxygen atoms in total. The molecule has 0 aromatic heterocycles. The average molecular weight is 186 g/mol. The van der Waals surface area contributed by atoms with Crippen molar-refractivity contribution in [2.45, 2.75) is 0 Å². The van der Waals surface area contributed by atoms with Gasteiger partial charge in [-0.05, 0) is 0 Å². The van der Waals surface area contributed by atoms with Crippen LogP contribution in [0.5, 0.6) is 0 Å². The molecule has 13 heavy (non-hydrogen) atoms. The summed E-state index contributed by atoms with van der Waals surface area (Å²) in [7, 11) is 0. The van der Waals surface area contributed by atoms with E-state index in [1.165, 1.54) is 12.2 Å². The van der Waals surface area contributed by atoms with Crippen molar-refractivity contribution in [3.63, 3.8) is 0 Å². The molecule has 0 rings (SSSR count). The van der Waals surface area contributed by atoms with Gasteiger partial charge in [0.05, 0.1) is 13.2 Å². The first kappa shape index (κ1) is 11.4. The first-order valence-corrected chi connectivity index (χ1v) is 3.49. The fraction of sp³-hybridized carbons (Fsp3) is 0.250. The fourth-order valence-electron chi connectivity index (χ4n) is 0.502. The van der Waals surface area contributed by atoms with Crippen molar-refractivity contribution in [1.82, 2.24) is 0 Å². The lowest BCUT2D eigenvalue weighted by Gasteiger charge is -1.92. The van der Waals surface area contributed by atoms with Crippen LogP contribution < -0.4 is 0 Å². The highest BCUT2D eigenvalue weighted by atomic mass is 16.5. The second-order valence-electron chi connectivity index (χ2n) is 2.02. The molecule has 0 aliphatic heterocycles. The highest BCUT2D eigenvalue weighted by molar-refractivity contribution is 5.80. The predicted octanol–water partition coefficient (Wildman–Crippen LogP) is 0.285. The van der Waals surface area contributed by atoms with E-state index in [1.807, 2.05) is 0 Å². The minimum atomic E-state index is -1.04. The van der Waals surface area contributed by atoms with Gasteiger partial charge in [0.25, 0.3) is 0 Å². The second-order valence-corrected chi connectivity index (χ2v) is 2.02. The largest absolute Gasteiger partial charge is 0.478 e. The Morgan fingerprint density at radius 1 is 1.00 bits per heavy atom. The summed E-state index contributed by atoms with van der Waals surface area (Å²) in [4.78, 5) is 19.9. The van der Waals surface area contributed by atoms with E-state index in [1.54, 1.807) is 0 Å². The maximum Gasteiger partial charge on any atom is 0.328 e. The highest BCUT2D eigenvalue weighted by Gasteiger charge is 1.86. The first-order chi connectivity index (χ1) is 6.13. The summed E-state index contributed by atoms with van der Waals surface area (Å²) in [6.45, 7) is 0.298. The Labute approximate surface area is 74.9 Å². The van der Waals surface area contributed by atoms with Gasteiger partial charge in [0.2, 0.25) is 0 Å². The molecule has 0 bridgehead atoms. The zero-order valence-electron chi connectivity index (χ0n) is 6.84. The van der Waals surface area contributed by atoms with Crippen LogP contribution in [-0.4, -0.2) is 35.4 Å². The van der Waals surface area contributed by atoms with Crippen LogP contribution in [0.25, 0.3) is 0 Å². The number of rotatable bonds is 6. The molecule has 0 atom stereocenters. The Kier molecular flexibility index (Phi) is 6.17. The summed E-state index contributed by atoms with van der Waals surface area (Å²) in [5.74, 6) is -2.07. The number of carboxylic acid groups (broad SMARTS) is 2. The maximum absolute atomic E-state index is 9.94. The van der Waals surface area contributed by atoms with E-state index >= 15 is 0 Å². The highest BCUT2D eigenvalue weighted by Crippen LogP contribution is 1.80. The zero-order chi connectivity index (χ0) is 10.1. The molecule has 5 heteroatoms. The van der Waals surface area contributed by atoms with Crippen LogP contribution in [0.2, 0.25) is 0 Å². The van der Waals surface area contributed by atoms with Crippen LogP contribution in [0.1, 0.15) is 0 Å². The topological polar surface area (TPSA) is 83.8 Å². The smallest absolute Gasteiger partial charge is 0.328 e. The molecule has 0 heterocycles. The van der Waals surface area contributed by atoms with Crippen molar-refractivity contribution >= 4 is 11.9 Å². The van der Waals surface area contributed by atoms with E-state index in [4.69, 9.17) is 14.9 Å². The van der Waals surface area contributed by atoms with Gasteiger partial charge < -0.3 is 14.9 Å². The van der Waals surface area contributed by atoms with Crippen molar-refractivity contribution < 1.29 is 24.5 Å². The summed E-state index contributed by atoms with van der Waals surface area (Å²) in [5, 5.41) is 16.3. The van der Waals surface area contributed by atoms with Crippen LogP contribution >= 0.6 is 0 Å². The summed E-state index contributed by atoms with van der Waals surface area (Å²) in [5.41, 5.74) is 0. The molecule has 72 valence electrons. The van der Waals surface area contributed by atoms with Crippen molar-refractivity contribution in [1.29, 1.82) is 0 Å². The third kappa shape index (κ3) is 10.4. The summed E-state index contributed by atoms with van der Waals surface area (Å²) < 4.78 is 4.83. The normalized spacial score (nSPS) is 11.1. The van der Waals surface area contributed by atoms with Crippen molar-refractivity contribution in [2.24, 2.45) is 0 Å². The Morgan fingerprint density at radius 3 is 1.69 bits per heavy atom. The Morgan fingerprint density at radius 2 is 1.38 bits per heavy atom. The molecule has 0 aromatic rings. The molecular formula is C8H10O5. The standard InChI is InChI=1S/C8H10O5/c9-7(10)3-1-5-13-6-2-4-8(11)12/h1-4H,5-6H2,(H,9,10)(H,11,12)/b3-1+,4-2+. The predicted molar refractivity (Wildman–Crippen MR) is 44.4 cm³/mol. The summed E-state index contributed by atoms with van der Waals surface area (Å²) >= 11 is 0. The lowest BCUT2D eigenvalue weighted by Crippen LogP contribution is -1.94.